The fourth-order valence-electron chi connectivity index (χ4n) is 4.11. The Morgan fingerprint density at radius 1 is 1.15 bits per heavy atom. The number of nitrogens with zero attached hydrogens (tertiary/aromatic N) is 3. The number of hydrogen-bond donors (Lipinski definition) is 1. The smallest absolute Gasteiger partial charge is 0.270 e. The molecule has 1 atom stereocenters. The number of benzene rings is 1. The molecule has 1 saturated heterocycles. The van der Waals surface area contributed by atoms with E-state index in [4.69, 9.17) is 4.74 Å². The molecular formula is C26H30N4O3. The van der Waals surface area contributed by atoms with Gasteiger partial charge < -0.3 is 19.5 Å². The molecule has 3 heterocycles. The Morgan fingerprint density at radius 2 is 1.97 bits per heavy atom. The van der Waals surface area contributed by atoms with Gasteiger partial charge in [-0.15, -0.1) is 0 Å². The second kappa shape index (κ2) is 10.3. The van der Waals surface area contributed by atoms with Gasteiger partial charge in [-0.25, -0.2) is 0 Å². The summed E-state index contributed by atoms with van der Waals surface area (Å²) in [6, 6.07) is 15.2. The first-order chi connectivity index (χ1) is 16.0. The Morgan fingerprint density at radius 3 is 2.70 bits per heavy atom. The molecule has 7 heteroatoms. The van der Waals surface area contributed by atoms with Gasteiger partial charge in [0.2, 0.25) is 5.91 Å². The Bertz CT molecular complexity index is 1080. The molecule has 0 radical (unpaired) electrons. The minimum Gasteiger partial charge on any atom is -0.491 e. The zero-order valence-corrected chi connectivity index (χ0v) is 19.1. The van der Waals surface area contributed by atoms with Crippen LogP contribution in [0.3, 0.4) is 0 Å². The number of hydrogen-bond acceptors (Lipinski definition) is 4. The molecule has 7 nitrogen and oxygen atoms in total. The number of carbonyl (C=O) groups is 2. The second-order valence-electron chi connectivity index (χ2n) is 8.59. The lowest BCUT2D eigenvalue weighted by atomic mass is 9.96. The first-order valence-electron chi connectivity index (χ1n) is 11.4. The third-order valence-corrected chi connectivity index (χ3v) is 5.73. The molecule has 33 heavy (non-hydrogen) atoms. The number of piperidine rings is 1. The van der Waals surface area contributed by atoms with E-state index in [1.54, 1.807) is 17.3 Å². The predicted molar refractivity (Wildman–Crippen MR) is 126 cm³/mol. The van der Waals surface area contributed by atoms with Crippen molar-refractivity contribution in [3.63, 3.8) is 0 Å². The molecule has 2 aromatic heterocycles. The maximum Gasteiger partial charge on any atom is 0.270 e. The van der Waals surface area contributed by atoms with Crippen LogP contribution in [0.15, 0.2) is 67.1 Å². The topological polar surface area (TPSA) is 76.5 Å². The summed E-state index contributed by atoms with van der Waals surface area (Å²) in [4.78, 5) is 32.0. The number of amides is 2. The summed E-state index contributed by atoms with van der Waals surface area (Å²) in [5, 5.41) is 3.03. The lowest BCUT2D eigenvalue weighted by molar-refractivity contribution is -0.126. The van der Waals surface area contributed by atoms with Gasteiger partial charge in [-0.05, 0) is 68.7 Å². The molecule has 1 aliphatic rings. The fraction of sp³-hybridized carbons (Fsp3) is 0.346. The van der Waals surface area contributed by atoms with Crippen molar-refractivity contribution in [2.75, 3.05) is 13.1 Å². The summed E-state index contributed by atoms with van der Waals surface area (Å²) in [7, 11) is 0. The van der Waals surface area contributed by atoms with Gasteiger partial charge in [0.25, 0.3) is 5.91 Å². The van der Waals surface area contributed by atoms with Crippen LogP contribution in [0.1, 0.15) is 42.7 Å². The molecule has 1 fully saturated rings. The van der Waals surface area contributed by atoms with Crippen LogP contribution in [0, 0.1) is 5.92 Å². The molecule has 4 rings (SSSR count). The van der Waals surface area contributed by atoms with Crippen molar-refractivity contribution in [3.8, 4) is 11.4 Å². The summed E-state index contributed by atoms with van der Waals surface area (Å²) in [6.07, 6.45) is 7.00. The molecule has 1 aliphatic heterocycles. The van der Waals surface area contributed by atoms with Gasteiger partial charge in [0.05, 0.1) is 23.9 Å². The number of likely N-dealkylation sites (tertiary alicyclic amines) is 1. The summed E-state index contributed by atoms with van der Waals surface area (Å²) in [5.74, 6) is 0.519. The maximum atomic E-state index is 13.3. The molecule has 0 bridgehead atoms. The third-order valence-electron chi connectivity index (χ3n) is 5.73. The predicted octanol–water partition coefficient (Wildman–Crippen LogP) is 3.83. The van der Waals surface area contributed by atoms with Crippen LogP contribution in [0.4, 0.5) is 0 Å². The number of rotatable bonds is 7. The van der Waals surface area contributed by atoms with Gasteiger partial charge >= 0.3 is 0 Å². The zero-order chi connectivity index (χ0) is 23.2. The van der Waals surface area contributed by atoms with E-state index in [0.717, 1.165) is 29.8 Å². The molecule has 1 unspecified atom stereocenters. The van der Waals surface area contributed by atoms with Gasteiger partial charge in [-0.1, -0.05) is 12.1 Å². The van der Waals surface area contributed by atoms with E-state index in [-0.39, 0.29) is 23.8 Å². The fourth-order valence-corrected chi connectivity index (χ4v) is 4.11. The highest BCUT2D eigenvalue weighted by molar-refractivity contribution is 5.94. The largest absolute Gasteiger partial charge is 0.491 e. The van der Waals surface area contributed by atoms with Crippen LogP contribution < -0.4 is 10.1 Å². The number of pyridine rings is 1. The minimum absolute atomic E-state index is 0.0161. The standard InChI is InChI=1S/C26H30N4O3/c1-19(2)33-23-11-9-20(10-12-23)16-28-25(31)21-6-4-14-29(18-21)26(32)24-8-5-15-30(24)22-7-3-13-27-17-22/h3,5,7-13,15,17,19,21H,4,6,14,16,18H2,1-2H3,(H,28,31). The molecule has 0 spiro atoms. The molecule has 3 aromatic rings. The Balaban J connectivity index is 1.35. The summed E-state index contributed by atoms with van der Waals surface area (Å²) in [5.41, 5.74) is 2.42. The van der Waals surface area contributed by atoms with Crippen LogP contribution in [-0.4, -0.2) is 45.5 Å². The quantitative estimate of drug-likeness (QED) is 0.599. The molecule has 1 N–H and O–H groups in total. The van der Waals surface area contributed by atoms with Crippen molar-refractivity contribution >= 4 is 11.8 Å². The van der Waals surface area contributed by atoms with Crippen molar-refractivity contribution in [2.24, 2.45) is 5.92 Å². The molecule has 172 valence electrons. The third kappa shape index (κ3) is 5.61. The van der Waals surface area contributed by atoms with Crippen molar-refractivity contribution in [1.82, 2.24) is 19.8 Å². The second-order valence-corrected chi connectivity index (χ2v) is 8.59. The van der Waals surface area contributed by atoms with Crippen LogP contribution in [0.25, 0.3) is 5.69 Å². The molecule has 1 aromatic carbocycles. The lowest BCUT2D eigenvalue weighted by Gasteiger charge is -2.32. The maximum absolute atomic E-state index is 13.3. The number of aromatic nitrogens is 2. The van der Waals surface area contributed by atoms with Crippen LogP contribution in [0.2, 0.25) is 0 Å². The van der Waals surface area contributed by atoms with Crippen LogP contribution in [-0.2, 0) is 11.3 Å². The first-order valence-corrected chi connectivity index (χ1v) is 11.4. The van der Waals surface area contributed by atoms with Gasteiger partial charge in [0.15, 0.2) is 0 Å². The van der Waals surface area contributed by atoms with E-state index in [9.17, 15) is 9.59 Å². The van der Waals surface area contributed by atoms with E-state index >= 15 is 0 Å². The van der Waals surface area contributed by atoms with Gasteiger partial charge in [0.1, 0.15) is 11.4 Å². The zero-order valence-electron chi connectivity index (χ0n) is 19.1. The molecular weight excluding hydrogens is 416 g/mol. The van der Waals surface area contributed by atoms with Gasteiger partial charge in [-0.2, -0.15) is 0 Å². The molecule has 2 amide bonds. The van der Waals surface area contributed by atoms with Gasteiger partial charge in [0, 0.05) is 32.0 Å². The van der Waals surface area contributed by atoms with Gasteiger partial charge in [-0.3, -0.25) is 14.6 Å². The van der Waals surface area contributed by atoms with E-state index in [1.165, 1.54) is 0 Å². The molecule has 0 aliphatic carbocycles. The van der Waals surface area contributed by atoms with Crippen LogP contribution in [0.5, 0.6) is 5.75 Å². The van der Waals surface area contributed by atoms with E-state index < -0.39 is 0 Å². The van der Waals surface area contributed by atoms with Crippen molar-refractivity contribution in [1.29, 1.82) is 0 Å². The average molecular weight is 447 g/mol. The molecule has 0 saturated carbocycles. The summed E-state index contributed by atoms with van der Waals surface area (Å²) < 4.78 is 7.50. The average Bonchev–Trinajstić information content (AvgIpc) is 3.33. The summed E-state index contributed by atoms with van der Waals surface area (Å²) in [6.45, 7) is 5.50. The number of carbonyl (C=O) groups excluding carboxylic acids is 2. The monoisotopic (exact) mass is 446 g/mol. The SMILES string of the molecule is CC(C)Oc1ccc(CNC(=O)C2CCCN(C(=O)c3cccn3-c3cccnc3)C2)cc1. The number of nitrogens with one attached hydrogen (secondary N) is 1. The highest BCUT2D eigenvalue weighted by Gasteiger charge is 2.30. The normalized spacial score (nSPS) is 16.0. The van der Waals surface area contributed by atoms with Crippen LogP contribution >= 0.6 is 0 Å². The Labute approximate surface area is 194 Å². The van der Waals surface area contributed by atoms with E-state index in [2.05, 4.69) is 10.3 Å². The van der Waals surface area contributed by atoms with E-state index in [0.29, 0.717) is 25.3 Å². The summed E-state index contributed by atoms with van der Waals surface area (Å²) >= 11 is 0. The Hall–Kier alpha value is -3.61. The lowest BCUT2D eigenvalue weighted by Crippen LogP contribution is -2.45. The first kappa shape index (κ1) is 22.6. The Kier molecular flexibility index (Phi) is 7.07. The van der Waals surface area contributed by atoms with E-state index in [1.807, 2.05) is 73.1 Å². The van der Waals surface area contributed by atoms with Crippen molar-refractivity contribution in [2.45, 2.75) is 39.3 Å². The highest BCUT2D eigenvalue weighted by Crippen LogP contribution is 2.21. The minimum atomic E-state index is -0.215. The van der Waals surface area contributed by atoms with Crippen molar-refractivity contribution in [3.05, 3.63) is 78.4 Å². The van der Waals surface area contributed by atoms with Crippen molar-refractivity contribution < 1.29 is 14.3 Å². The highest BCUT2D eigenvalue weighted by atomic mass is 16.5. The number of ether oxygens (including phenoxy) is 1.